The van der Waals surface area contributed by atoms with Gasteiger partial charge in [0, 0.05) is 31.7 Å². The second-order valence-corrected chi connectivity index (χ2v) is 6.76. The summed E-state index contributed by atoms with van der Waals surface area (Å²) in [6.45, 7) is 10.3. The van der Waals surface area contributed by atoms with Gasteiger partial charge in [0.15, 0.2) is 0 Å². The second kappa shape index (κ2) is 5.87. The van der Waals surface area contributed by atoms with Crippen LogP contribution in [0.1, 0.15) is 42.9 Å². The van der Waals surface area contributed by atoms with E-state index >= 15 is 0 Å². The van der Waals surface area contributed by atoms with Gasteiger partial charge in [-0.3, -0.25) is 4.90 Å². The highest BCUT2D eigenvalue weighted by Crippen LogP contribution is 2.34. The van der Waals surface area contributed by atoms with Gasteiger partial charge >= 0.3 is 0 Å². The fraction of sp³-hybridized carbons (Fsp3) is 0.667. The molecule has 0 amide bonds. The minimum atomic E-state index is 0.701. The molecule has 0 bridgehead atoms. The third-order valence-corrected chi connectivity index (χ3v) is 5.18. The molecule has 1 saturated carbocycles. The van der Waals surface area contributed by atoms with E-state index in [1.807, 2.05) is 0 Å². The molecule has 2 heteroatoms. The summed E-state index contributed by atoms with van der Waals surface area (Å²) < 4.78 is 0. The lowest BCUT2D eigenvalue weighted by Gasteiger charge is -2.40. The van der Waals surface area contributed by atoms with Crippen LogP contribution in [0.3, 0.4) is 0 Å². The highest BCUT2D eigenvalue weighted by Gasteiger charge is 2.36. The van der Waals surface area contributed by atoms with Crippen LogP contribution in [0.25, 0.3) is 0 Å². The van der Waals surface area contributed by atoms with Gasteiger partial charge in [-0.25, -0.2) is 0 Å². The zero-order chi connectivity index (χ0) is 14.1. The Morgan fingerprint density at radius 2 is 2.00 bits per heavy atom. The molecule has 1 heterocycles. The van der Waals surface area contributed by atoms with E-state index in [-0.39, 0.29) is 0 Å². The van der Waals surface area contributed by atoms with Gasteiger partial charge < -0.3 is 5.32 Å². The Hall–Kier alpha value is -0.860. The summed E-state index contributed by atoms with van der Waals surface area (Å²) in [5.74, 6) is 0.954. The van der Waals surface area contributed by atoms with Crippen LogP contribution >= 0.6 is 0 Å². The van der Waals surface area contributed by atoms with Gasteiger partial charge in [-0.15, -0.1) is 0 Å². The summed E-state index contributed by atoms with van der Waals surface area (Å²) in [7, 11) is 0. The summed E-state index contributed by atoms with van der Waals surface area (Å²) in [6.07, 6.45) is 4.12. The Balaban J connectivity index is 1.69. The molecule has 2 atom stereocenters. The Bertz CT molecular complexity index is 464. The zero-order valence-electron chi connectivity index (χ0n) is 13.2. The van der Waals surface area contributed by atoms with Gasteiger partial charge in [0.05, 0.1) is 0 Å². The number of hydrogen-bond acceptors (Lipinski definition) is 2. The normalized spacial score (nSPS) is 27.8. The van der Waals surface area contributed by atoms with Gasteiger partial charge in [0.2, 0.25) is 0 Å². The topological polar surface area (TPSA) is 15.3 Å². The molecule has 1 saturated heterocycles. The molecule has 1 aromatic rings. The van der Waals surface area contributed by atoms with Crippen LogP contribution in [-0.4, -0.2) is 30.1 Å². The van der Waals surface area contributed by atoms with E-state index in [4.69, 9.17) is 0 Å². The molecule has 1 aliphatic carbocycles. The van der Waals surface area contributed by atoms with Crippen molar-refractivity contribution in [2.45, 2.75) is 58.7 Å². The highest BCUT2D eigenvalue weighted by molar-refractivity contribution is 5.30. The van der Waals surface area contributed by atoms with E-state index in [0.29, 0.717) is 6.04 Å². The number of piperazine rings is 1. The molecule has 1 N–H and O–H groups in total. The molecule has 110 valence electrons. The number of rotatable bonds is 4. The Morgan fingerprint density at radius 1 is 1.20 bits per heavy atom. The molecule has 3 rings (SSSR count). The van der Waals surface area contributed by atoms with Gasteiger partial charge in [-0.2, -0.15) is 0 Å². The van der Waals surface area contributed by atoms with Crippen LogP contribution < -0.4 is 5.32 Å². The van der Waals surface area contributed by atoms with Crippen molar-refractivity contribution in [3.8, 4) is 0 Å². The minimum absolute atomic E-state index is 0.701. The van der Waals surface area contributed by atoms with E-state index in [1.54, 1.807) is 0 Å². The molecule has 2 fully saturated rings. The number of benzene rings is 1. The maximum Gasteiger partial charge on any atom is 0.0237 e. The van der Waals surface area contributed by atoms with Gasteiger partial charge in [0.1, 0.15) is 0 Å². The Labute approximate surface area is 123 Å². The Morgan fingerprint density at radius 3 is 2.65 bits per heavy atom. The summed E-state index contributed by atoms with van der Waals surface area (Å²) in [4.78, 5) is 2.71. The van der Waals surface area contributed by atoms with Crippen molar-refractivity contribution >= 4 is 0 Å². The average Bonchev–Trinajstić information content (AvgIpc) is 3.27. The van der Waals surface area contributed by atoms with Crippen LogP contribution in [0, 0.1) is 19.8 Å². The second-order valence-electron chi connectivity index (χ2n) is 6.76. The number of nitrogens with one attached hydrogen (secondary N) is 1. The number of nitrogens with zero attached hydrogens (tertiary/aromatic N) is 1. The maximum atomic E-state index is 3.78. The van der Waals surface area contributed by atoms with Crippen molar-refractivity contribution in [1.29, 1.82) is 0 Å². The highest BCUT2D eigenvalue weighted by atomic mass is 15.2. The van der Waals surface area contributed by atoms with Crippen molar-refractivity contribution in [1.82, 2.24) is 10.2 Å². The van der Waals surface area contributed by atoms with Crippen molar-refractivity contribution in [3.63, 3.8) is 0 Å². The standard InChI is InChI=1S/C18H28N2/c1-4-17-10-19-18(16-7-8-16)12-20(17)11-15-6-5-13(2)14(3)9-15/h5-6,9,16-19H,4,7-8,10-12H2,1-3H3. The monoisotopic (exact) mass is 272 g/mol. The first kappa shape index (κ1) is 14.1. The van der Waals surface area contributed by atoms with E-state index < -0.39 is 0 Å². The minimum Gasteiger partial charge on any atom is -0.311 e. The lowest BCUT2D eigenvalue weighted by Crippen LogP contribution is -2.56. The summed E-state index contributed by atoms with van der Waals surface area (Å²) in [5, 5.41) is 3.78. The van der Waals surface area contributed by atoms with Crippen LogP contribution in [-0.2, 0) is 6.54 Å². The van der Waals surface area contributed by atoms with Crippen LogP contribution in [0.2, 0.25) is 0 Å². The first-order valence-electron chi connectivity index (χ1n) is 8.21. The number of hydrogen-bond donors (Lipinski definition) is 1. The fourth-order valence-electron chi connectivity index (χ4n) is 3.43. The molecule has 1 aliphatic heterocycles. The van der Waals surface area contributed by atoms with Crippen molar-refractivity contribution in [2.75, 3.05) is 13.1 Å². The van der Waals surface area contributed by atoms with Crippen LogP contribution in [0.4, 0.5) is 0 Å². The van der Waals surface area contributed by atoms with E-state index in [0.717, 1.165) is 18.5 Å². The van der Waals surface area contributed by atoms with E-state index in [1.165, 1.54) is 49.0 Å². The van der Waals surface area contributed by atoms with E-state index in [2.05, 4.69) is 49.2 Å². The first-order chi connectivity index (χ1) is 9.67. The SMILES string of the molecule is CCC1CNC(C2CC2)CN1Cc1ccc(C)c(C)c1. The summed E-state index contributed by atoms with van der Waals surface area (Å²) in [6, 6.07) is 8.39. The zero-order valence-corrected chi connectivity index (χ0v) is 13.2. The van der Waals surface area contributed by atoms with Crippen LogP contribution in [0.5, 0.6) is 0 Å². The molecule has 2 aliphatic rings. The molecular weight excluding hydrogens is 244 g/mol. The van der Waals surface area contributed by atoms with E-state index in [9.17, 15) is 0 Å². The molecule has 2 nitrogen and oxygen atoms in total. The lowest BCUT2D eigenvalue weighted by atomic mass is 10.0. The van der Waals surface area contributed by atoms with Gasteiger partial charge in [0.25, 0.3) is 0 Å². The van der Waals surface area contributed by atoms with Crippen molar-refractivity contribution in [3.05, 3.63) is 34.9 Å². The van der Waals surface area contributed by atoms with Gasteiger partial charge in [-0.1, -0.05) is 25.1 Å². The predicted octanol–water partition coefficient (Wildman–Crippen LogP) is 3.27. The third-order valence-electron chi connectivity index (χ3n) is 5.18. The first-order valence-corrected chi connectivity index (χ1v) is 8.21. The molecule has 1 aromatic carbocycles. The predicted molar refractivity (Wildman–Crippen MR) is 84.9 cm³/mol. The Kier molecular flexibility index (Phi) is 4.13. The third kappa shape index (κ3) is 3.07. The molecule has 20 heavy (non-hydrogen) atoms. The quantitative estimate of drug-likeness (QED) is 0.905. The summed E-state index contributed by atoms with van der Waals surface area (Å²) in [5.41, 5.74) is 4.30. The fourth-order valence-corrected chi connectivity index (χ4v) is 3.43. The maximum absolute atomic E-state index is 3.78. The molecule has 0 radical (unpaired) electrons. The number of aryl methyl sites for hydroxylation is 2. The molecular formula is C18H28N2. The van der Waals surface area contributed by atoms with Crippen molar-refractivity contribution in [2.24, 2.45) is 5.92 Å². The average molecular weight is 272 g/mol. The molecule has 0 aromatic heterocycles. The van der Waals surface area contributed by atoms with Crippen molar-refractivity contribution < 1.29 is 0 Å². The molecule has 2 unspecified atom stereocenters. The smallest absolute Gasteiger partial charge is 0.0237 e. The lowest BCUT2D eigenvalue weighted by molar-refractivity contribution is 0.112. The van der Waals surface area contributed by atoms with Gasteiger partial charge in [-0.05, 0) is 55.7 Å². The van der Waals surface area contributed by atoms with Crippen LogP contribution in [0.15, 0.2) is 18.2 Å². The molecule has 0 spiro atoms. The summed E-state index contributed by atoms with van der Waals surface area (Å²) >= 11 is 0. The largest absolute Gasteiger partial charge is 0.311 e.